The Kier molecular flexibility index (Phi) is 7.21. The van der Waals surface area contributed by atoms with E-state index in [0.29, 0.717) is 12.1 Å². The minimum atomic E-state index is -0.835. The Bertz CT molecular complexity index is 1420. The lowest BCUT2D eigenvalue weighted by atomic mass is 10.1. The molecule has 35 heavy (non-hydrogen) atoms. The van der Waals surface area contributed by atoms with E-state index in [1.54, 1.807) is 28.8 Å². The topological polar surface area (TPSA) is 86.6 Å². The number of fused-ring (bicyclic) bond motifs is 1. The Morgan fingerprint density at radius 2 is 1.51 bits per heavy atom. The van der Waals surface area contributed by atoms with Gasteiger partial charge in [0, 0.05) is 18.1 Å². The van der Waals surface area contributed by atoms with Gasteiger partial charge in [-0.25, -0.2) is 14.0 Å². The molecule has 1 heterocycles. The zero-order valence-electron chi connectivity index (χ0n) is 19.0. The maximum Gasteiger partial charge on any atom is 0.412 e. The summed E-state index contributed by atoms with van der Waals surface area (Å²) in [5, 5.41) is 2.38. The smallest absolute Gasteiger partial charge is 0.412 e. The number of carbonyl (C=O) groups excluding carboxylic acids is 2. The van der Waals surface area contributed by atoms with Crippen molar-refractivity contribution in [3.8, 4) is 0 Å². The molecule has 1 N–H and O–H groups in total. The molecule has 4 rings (SSSR count). The number of halogens is 1. The number of aromatic nitrogens is 1. The number of pyridine rings is 1. The zero-order chi connectivity index (χ0) is 24.8. The molecule has 8 heteroatoms. The highest BCUT2D eigenvalue weighted by Gasteiger charge is 2.19. The number of hydrogen-bond acceptors (Lipinski definition) is 5. The first-order chi connectivity index (χ1) is 17.0. The molecule has 0 spiro atoms. The normalized spacial score (nSPS) is 10.7. The van der Waals surface area contributed by atoms with Crippen LogP contribution in [0, 0.1) is 5.82 Å². The van der Waals surface area contributed by atoms with Gasteiger partial charge in [0.1, 0.15) is 24.6 Å². The van der Waals surface area contributed by atoms with E-state index < -0.39 is 23.3 Å². The third kappa shape index (κ3) is 5.55. The Balaban J connectivity index is 1.56. The first-order valence-electron chi connectivity index (χ1n) is 11.0. The average Bonchev–Trinajstić information content (AvgIpc) is 2.88. The van der Waals surface area contributed by atoms with Gasteiger partial charge in [-0.2, -0.15) is 0 Å². The fourth-order valence-electron chi connectivity index (χ4n) is 3.58. The summed E-state index contributed by atoms with van der Waals surface area (Å²) >= 11 is 0. The number of amides is 1. The number of anilines is 1. The molecular weight excluding hydrogens is 451 g/mol. The molecule has 1 amide bonds. The van der Waals surface area contributed by atoms with Crippen LogP contribution in [0.1, 0.15) is 28.4 Å². The van der Waals surface area contributed by atoms with Crippen LogP contribution in [0.25, 0.3) is 10.9 Å². The summed E-state index contributed by atoms with van der Waals surface area (Å²) in [6, 6.07) is 20.5. The molecule has 0 aliphatic carbocycles. The Hall–Kier alpha value is -4.46. The Morgan fingerprint density at radius 3 is 2.11 bits per heavy atom. The lowest BCUT2D eigenvalue weighted by Crippen LogP contribution is -2.21. The highest BCUT2D eigenvalue weighted by Crippen LogP contribution is 2.23. The fraction of sp³-hybridized carbons (Fsp3) is 0.148. The maximum atomic E-state index is 14.8. The van der Waals surface area contributed by atoms with Crippen LogP contribution in [0.5, 0.6) is 0 Å². The number of ether oxygens (including phenoxy) is 2. The van der Waals surface area contributed by atoms with Crippen LogP contribution in [0.3, 0.4) is 0 Å². The summed E-state index contributed by atoms with van der Waals surface area (Å²) in [5.41, 5.74) is 0.928. The van der Waals surface area contributed by atoms with E-state index >= 15 is 0 Å². The van der Waals surface area contributed by atoms with Gasteiger partial charge in [0.05, 0.1) is 11.2 Å². The number of nitrogens with one attached hydrogen (secondary N) is 1. The van der Waals surface area contributed by atoms with Gasteiger partial charge in [-0.15, -0.1) is 0 Å². The van der Waals surface area contributed by atoms with Crippen molar-refractivity contribution >= 4 is 28.7 Å². The highest BCUT2D eigenvalue weighted by molar-refractivity contribution is 5.95. The van der Waals surface area contributed by atoms with Crippen molar-refractivity contribution in [2.24, 2.45) is 0 Å². The van der Waals surface area contributed by atoms with Crippen LogP contribution in [-0.4, -0.2) is 16.6 Å². The molecule has 1 aromatic heterocycles. The summed E-state index contributed by atoms with van der Waals surface area (Å²) in [6.07, 6.45) is 0.548. The number of nitrogens with zero attached hydrogens (tertiary/aromatic N) is 1. The van der Waals surface area contributed by atoms with E-state index in [0.717, 1.165) is 17.2 Å². The molecular formula is C27H23FN2O5. The van der Waals surface area contributed by atoms with Crippen molar-refractivity contribution in [3.05, 3.63) is 112 Å². The number of aryl methyl sites for hydroxylation is 1. The van der Waals surface area contributed by atoms with Gasteiger partial charge in [-0.3, -0.25) is 10.1 Å². The quantitative estimate of drug-likeness (QED) is 0.369. The van der Waals surface area contributed by atoms with Crippen LogP contribution in [0.4, 0.5) is 14.9 Å². The summed E-state index contributed by atoms with van der Waals surface area (Å²) in [4.78, 5) is 37.8. The van der Waals surface area contributed by atoms with Crippen LogP contribution in [0.15, 0.2) is 83.8 Å². The van der Waals surface area contributed by atoms with Gasteiger partial charge >= 0.3 is 12.1 Å². The average molecular weight is 474 g/mol. The second kappa shape index (κ2) is 10.6. The van der Waals surface area contributed by atoms with Crippen LogP contribution >= 0.6 is 0 Å². The van der Waals surface area contributed by atoms with Gasteiger partial charge in [-0.1, -0.05) is 60.7 Å². The maximum absolute atomic E-state index is 14.8. The van der Waals surface area contributed by atoms with Crippen LogP contribution in [0.2, 0.25) is 0 Å². The van der Waals surface area contributed by atoms with Crippen molar-refractivity contribution in [1.82, 2.24) is 4.57 Å². The monoisotopic (exact) mass is 474 g/mol. The van der Waals surface area contributed by atoms with Crippen molar-refractivity contribution < 1.29 is 23.5 Å². The molecule has 0 bridgehead atoms. The third-order valence-electron chi connectivity index (χ3n) is 5.39. The van der Waals surface area contributed by atoms with E-state index in [1.807, 2.05) is 43.3 Å². The van der Waals surface area contributed by atoms with E-state index in [2.05, 4.69) is 5.32 Å². The van der Waals surface area contributed by atoms with Crippen molar-refractivity contribution in [2.75, 3.05) is 5.32 Å². The first kappa shape index (κ1) is 23.7. The van der Waals surface area contributed by atoms with E-state index in [1.165, 1.54) is 12.3 Å². The molecule has 0 unspecified atom stereocenters. The molecule has 0 aliphatic rings. The zero-order valence-corrected chi connectivity index (χ0v) is 19.0. The van der Waals surface area contributed by atoms with Crippen LogP contribution in [-0.2, 0) is 29.2 Å². The summed E-state index contributed by atoms with van der Waals surface area (Å²) in [7, 11) is 0. The highest BCUT2D eigenvalue weighted by atomic mass is 19.1. The Labute approximate surface area is 200 Å². The molecule has 3 aromatic carbocycles. The van der Waals surface area contributed by atoms with Gasteiger partial charge in [0.15, 0.2) is 0 Å². The third-order valence-corrected chi connectivity index (χ3v) is 5.39. The van der Waals surface area contributed by atoms with Gasteiger partial charge < -0.3 is 14.0 Å². The van der Waals surface area contributed by atoms with Crippen molar-refractivity contribution in [3.63, 3.8) is 0 Å². The molecule has 0 saturated carbocycles. The minimum Gasteiger partial charge on any atom is -0.457 e. The number of esters is 1. The second-order valence-electron chi connectivity index (χ2n) is 7.76. The fourth-order valence-corrected chi connectivity index (χ4v) is 3.58. The molecule has 7 nitrogen and oxygen atoms in total. The Morgan fingerprint density at radius 1 is 0.914 bits per heavy atom. The van der Waals surface area contributed by atoms with Gasteiger partial charge in [0.2, 0.25) is 5.43 Å². The molecule has 0 fully saturated rings. The van der Waals surface area contributed by atoms with Crippen LogP contribution < -0.4 is 10.7 Å². The predicted octanol–water partition coefficient (Wildman–Crippen LogP) is 5.27. The second-order valence-corrected chi connectivity index (χ2v) is 7.76. The summed E-state index contributed by atoms with van der Waals surface area (Å²) in [5.74, 6) is -1.63. The van der Waals surface area contributed by atoms with E-state index in [9.17, 15) is 18.8 Å². The largest absolute Gasteiger partial charge is 0.457 e. The molecule has 0 aliphatic heterocycles. The number of carbonyl (C=O) groups is 2. The van der Waals surface area contributed by atoms with Crippen molar-refractivity contribution in [2.45, 2.75) is 26.7 Å². The summed E-state index contributed by atoms with van der Waals surface area (Å²) in [6.45, 7) is 2.23. The number of hydrogen-bond donors (Lipinski definition) is 1. The minimum absolute atomic E-state index is 0.00159. The molecule has 4 aromatic rings. The standard InChI is InChI=1S/C27H23FN2O5/c1-2-30-15-21(26(32)34-16-18-9-5-3-6-10-18)25(31)20-13-22(28)23(14-24(20)30)29-27(33)35-17-19-11-7-4-8-12-19/h3-15H,2,16-17H2,1H3,(H,29,33). The molecule has 0 saturated heterocycles. The first-order valence-corrected chi connectivity index (χ1v) is 11.0. The number of benzene rings is 3. The van der Waals surface area contributed by atoms with Crippen molar-refractivity contribution in [1.29, 1.82) is 0 Å². The van der Waals surface area contributed by atoms with Gasteiger partial charge in [0.25, 0.3) is 0 Å². The number of rotatable bonds is 7. The SMILES string of the molecule is CCn1cc(C(=O)OCc2ccccc2)c(=O)c2cc(F)c(NC(=O)OCc3ccccc3)cc21. The predicted molar refractivity (Wildman–Crippen MR) is 130 cm³/mol. The van der Waals surface area contributed by atoms with E-state index in [4.69, 9.17) is 9.47 Å². The van der Waals surface area contributed by atoms with E-state index in [-0.39, 0.29) is 29.9 Å². The lowest BCUT2D eigenvalue weighted by molar-refractivity contribution is 0.0470. The molecule has 178 valence electrons. The lowest BCUT2D eigenvalue weighted by Gasteiger charge is -2.14. The van der Waals surface area contributed by atoms with Gasteiger partial charge in [-0.05, 0) is 30.2 Å². The molecule has 0 atom stereocenters. The summed E-state index contributed by atoms with van der Waals surface area (Å²) < 4.78 is 26.9. The molecule has 0 radical (unpaired) electrons.